The van der Waals surface area contributed by atoms with Gasteiger partial charge in [0.1, 0.15) is 0 Å². The van der Waals surface area contributed by atoms with Crippen molar-refractivity contribution >= 4 is 27.3 Å². The summed E-state index contributed by atoms with van der Waals surface area (Å²) >= 11 is 0. The number of amides is 1. The highest BCUT2D eigenvalue weighted by atomic mass is 32.2. The van der Waals surface area contributed by atoms with Gasteiger partial charge in [0.15, 0.2) is 0 Å². The number of carbonyl (C=O) groups excluding carboxylic acids is 1. The second-order valence-electron chi connectivity index (χ2n) is 7.85. The van der Waals surface area contributed by atoms with E-state index >= 15 is 0 Å². The Morgan fingerprint density at radius 1 is 1.03 bits per heavy atom. The van der Waals surface area contributed by atoms with Gasteiger partial charge in [-0.3, -0.25) is 14.6 Å². The van der Waals surface area contributed by atoms with Crippen molar-refractivity contribution in [3.8, 4) is 0 Å². The van der Waals surface area contributed by atoms with Crippen LogP contribution in [-0.4, -0.2) is 24.5 Å². The van der Waals surface area contributed by atoms with E-state index in [0.29, 0.717) is 22.5 Å². The van der Waals surface area contributed by atoms with E-state index in [0.717, 1.165) is 5.56 Å². The van der Waals surface area contributed by atoms with E-state index in [1.165, 1.54) is 6.20 Å². The number of aromatic nitrogens is 2. The van der Waals surface area contributed by atoms with Gasteiger partial charge in [0.25, 0.3) is 15.9 Å². The largest absolute Gasteiger partial charge is 0.319 e. The van der Waals surface area contributed by atoms with Crippen LogP contribution in [0.3, 0.4) is 0 Å². The third kappa shape index (κ3) is 4.83. The van der Waals surface area contributed by atoms with E-state index in [4.69, 9.17) is 0 Å². The first-order valence-corrected chi connectivity index (χ1v) is 10.6. The summed E-state index contributed by atoms with van der Waals surface area (Å²) in [4.78, 5) is 12.5. The Labute approximate surface area is 170 Å². The highest BCUT2D eigenvalue weighted by Crippen LogP contribution is 2.28. The highest BCUT2D eigenvalue weighted by Gasteiger charge is 2.21. The number of rotatable bonds is 5. The van der Waals surface area contributed by atoms with Gasteiger partial charge in [-0.25, -0.2) is 8.42 Å². The lowest BCUT2D eigenvalue weighted by Gasteiger charge is -2.21. The van der Waals surface area contributed by atoms with Gasteiger partial charge in [0.05, 0.1) is 16.8 Å². The highest BCUT2D eigenvalue weighted by molar-refractivity contribution is 7.92. The molecule has 1 aromatic heterocycles. The summed E-state index contributed by atoms with van der Waals surface area (Å²) in [6.45, 7) is 7.88. The lowest BCUT2D eigenvalue weighted by Crippen LogP contribution is -2.17. The summed E-state index contributed by atoms with van der Waals surface area (Å²) in [6, 6.07) is 11.7. The molecule has 0 saturated heterocycles. The lowest BCUT2D eigenvalue weighted by atomic mass is 9.87. The summed E-state index contributed by atoms with van der Waals surface area (Å²) in [5.41, 5.74) is 2.78. The number of hydrogen-bond donors (Lipinski definition) is 3. The van der Waals surface area contributed by atoms with E-state index in [9.17, 15) is 13.2 Å². The second-order valence-corrected chi connectivity index (χ2v) is 9.51. The van der Waals surface area contributed by atoms with Gasteiger partial charge in [0, 0.05) is 17.4 Å². The normalized spacial score (nSPS) is 11.9. The van der Waals surface area contributed by atoms with Gasteiger partial charge < -0.3 is 5.32 Å². The van der Waals surface area contributed by atoms with Crippen LogP contribution in [-0.2, 0) is 15.4 Å². The number of benzene rings is 2. The molecular weight excluding hydrogens is 388 g/mol. The standard InChI is InChI=1S/C21H24N4O3S/c1-14-5-8-16(21(2,3)4)11-19(14)29(27,28)25-17-9-6-15(7-10-17)20(26)24-18-12-22-23-13-18/h5-13,25H,1-4H3,(H,22,23)(H,24,26). The van der Waals surface area contributed by atoms with Crippen molar-refractivity contribution in [2.45, 2.75) is 38.0 Å². The molecule has 3 N–H and O–H groups in total. The molecule has 2 aromatic carbocycles. The van der Waals surface area contributed by atoms with E-state index in [-0.39, 0.29) is 16.2 Å². The summed E-state index contributed by atoms with van der Waals surface area (Å²) in [7, 11) is -3.76. The van der Waals surface area contributed by atoms with E-state index < -0.39 is 10.0 Å². The average molecular weight is 413 g/mol. The number of H-pyrrole nitrogens is 1. The van der Waals surface area contributed by atoms with Crippen LogP contribution in [0, 0.1) is 6.92 Å². The molecule has 1 amide bonds. The molecule has 7 nitrogen and oxygen atoms in total. The molecule has 0 atom stereocenters. The molecule has 29 heavy (non-hydrogen) atoms. The van der Waals surface area contributed by atoms with Crippen LogP contribution in [0.5, 0.6) is 0 Å². The van der Waals surface area contributed by atoms with Crippen LogP contribution in [0.2, 0.25) is 0 Å². The molecule has 0 fully saturated rings. The van der Waals surface area contributed by atoms with Crippen molar-refractivity contribution in [3.05, 3.63) is 71.5 Å². The van der Waals surface area contributed by atoms with E-state index in [2.05, 4.69) is 20.2 Å². The Kier molecular flexibility index (Phi) is 5.48. The Morgan fingerprint density at radius 3 is 2.31 bits per heavy atom. The number of anilines is 2. The number of aryl methyl sites for hydroxylation is 1. The molecule has 0 saturated carbocycles. The number of sulfonamides is 1. The van der Waals surface area contributed by atoms with Gasteiger partial charge in [-0.2, -0.15) is 5.10 Å². The summed E-state index contributed by atoms with van der Waals surface area (Å²) in [5.74, 6) is -0.311. The van der Waals surface area contributed by atoms with Crippen LogP contribution in [0.4, 0.5) is 11.4 Å². The number of nitrogens with zero attached hydrogens (tertiary/aromatic N) is 1. The fourth-order valence-electron chi connectivity index (χ4n) is 2.78. The zero-order chi connectivity index (χ0) is 21.2. The molecule has 8 heteroatoms. The lowest BCUT2D eigenvalue weighted by molar-refractivity contribution is 0.102. The first kappa shape index (κ1) is 20.6. The predicted molar refractivity (Wildman–Crippen MR) is 114 cm³/mol. The molecule has 3 rings (SSSR count). The molecule has 0 bridgehead atoms. The van der Waals surface area contributed by atoms with Gasteiger partial charge >= 0.3 is 0 Å². The number of hydrogen-bond acceptors (Lipinski definition) is 4. The Morgan fingerprint density at radius 2 is 1.72 bits per heavy atom. The monoisotopic (exact) mass is 412 g/mol. The van der Waals surface area contributed by atoms with Crippen molar-refractivity contribution in [1.29, 1.82) is 0 Å². The van der Waals surface area contributed by atoms with Crippen molar-refractivity contribution < 1.29 is 13.2 Å². The van der Waals surface area contributed by atoms with Crippen LogP contribution < -0.4 is 10.0 Å². The maximum atomic E-state index is 12.9. The third-order valence-corrected chi connectivity index (χ3v) is 6.02. The Bertz CT molecular complexity index is 1110. The number of carbonyl (C=O) groups is 1. The van der Waals surface area contributed by atoms with Gasteiger partial charge in [0.2, 0.25) is 0 Å². The maximum Gasteiger partial charge on any atom is 0.262 e. The second kappa shape index (κ2) is 7.71. The fourth-order valence-corrected chi connectivity index (χ4v) is 4.11. The van der Waals surface area contributed by atoms with Crippen molar-refractivity contribution in [3.63, 3.8) is 0 Å². The maximum absolute atomic E-state index is 12.9. The van der Waals surface area contributed by atoms with Crippen molar-refractivity contribution in [1.82, 2.24) is 10.2 Å². The van der Waals surface area contributed by atoms with Gasteiger partial charge in [-0.05, 0) is 53.8 Å². The first-order chi connectivity index (χ1) is 13.6. The molecule has 0 aliphatic rings. The minimum atomic E-state index is -3.76. The zero-order valence-electron chi connectivity index (χ0n) is 16.8. The summed E-state index contributed by atoms with van der Waals surface area (Å²) < 4.78 is 28.5. The Balaban J connectivity index is 1.80. The van der Waals surface area contributed by atoms with Gasteiger partial charge in [-0.15, -0.1) is 0 Å². The molecule has 0 aliphatic heterocycles. The summed E-state index contributed by atoms with van der Waals surface area (Å²) in [6.07, 6.45) is 3.06. The molecule has 1 heterocycles. The molecule has 0 aliphatic carbocycles. The topological polar surface area (TPSA) is 104 Å². The molecule has 0 unspecified atom stereocenters. The predicted octanol–water partition coefficient (Wildman–Crippen LogP) is 4.07. The van der Waals surface area contributed by atoms with Crippen LogP contribution in [0.1, 0.15) is 42.3 Å². The van der Waals surface area contributed by atoms with Crippen LogP contribution >= 0.6 is 0 Å². The first-order valence-electron chi connectivity index (χ1n) is 9.10. The van der Waals surface area contributed by atoms with Crippen molar-refractivity contribution in [2.24, 2.45) is 0 Å². The van der Waals surface area contributed by atoms with E-state index in [1.807, 2.05) is 32.9 Å². The molecule has 152 valence electrons. The van der Waals surface area contributed by atoms with Crippen LogP contribution in [0.15, 0.2) is 59.8 Å². The number of nitrogens with one attached hydrogen (secondary N) is 3. The van der Waals surface area contributed by atoms with Gasteiger partial charge in [-0.1, -0.05) is 32.9 Å². The molecule has 0 radical (unpaired) electrons. The zero-order valence-corrected chi connectivity index (χ0v) is 17.6. The molecule has 0 spiro atoms. The average Bonchev–Trinajstić information content (AvgIpc) is 3.14. The summed E-state index contributed by atoms with van der Waals surface area (Å²) in [5, 5.41) is 9.07. The minimum Gasteiger partial charge on any atom is -0.319 e. The number of aromatic amines is 1. The smallest absolute Gasteiger partial charge is 0.262 e. The van der Waals surface area contributed by atoms with Crippen LogP contribution in [0.25, 0.3) is 0 Å². The quantitative estimate of drug-likeness (QED) is 0.587. The SMILES string of the molecule is Cc1ccc(C(C)(C)C)cc1S(=O)(=O)Nc1ccc(C(=O)Nc2cn[nH]c2)cc1. The van der Waals surface area contributed by atoms with E-state index in [1.54, 1.807) is 43.5 Å². The molecular formula is C21H24N4O3S. The van der Waals surface area contributed by atoms with Crippen molar-refractivity contribution in [2.75, 3.05) is 10.0 Å². The fraction of sp³-hybridized carbons (Fsp3) is 0.238. The third-order valence-electron chi connectivity index (χ3n) is 4.50. The Hall–Kier alpha value is -3.13. The minimum absolute atomic E-state index is 0.165. The molecule has 3 aromatic rings.